The number of carbonyl (C=O) groups is 2. The summed E-state index contributed by atoms with van der Waals surface area (Å²) in [6.07, 6.45) is 1.39. The Balaban J connectivity index is 1.80. The van der Waals surface area contributed by atoms with Crippen LogP contribution in [-0.4, -0.2) is 23.5 Å². The fourth-order valence-electron chi connectivity index (χ4n) is 2.54. The number of benzene rings is 2. The average Bonchev–Trinajstić information content (AvgIpc) is 2.71. The lowest BCUT2D eigenvalue weighted by Gasteiger charge is -2.12. The van der Waals surface area contributed by atoms with Gasteiger partial charge in [-0.15, -0.1) is 0 Å². The second-order valence-electron chi connectivity index (χ2n) is 5.90. The number of rotatable bonds is 6. The van der Waals surface area contributed by atoms with Crippen molar-refractivity contribution in [2.45, 2.75) is 6.92 Å². The maximum absolute atomic E-state index is 13.7. The van der Waals surface area contributed by atoms with Crippen molar-refractivity contribution in [2.24, 2.45) is 0 Å². The number of esters is 1. The second-order valence-corrected chi connectivity index (χ2v) is 5.90. The van der Waals surface area contributed by atoms with E-state index in [4.69, 9.17) is 4.74 Å². The van der Waals surface area contributed by atoms with E-state index in [1.807, 2.05) is 0 Å². The Morgan fingerprint density at radius 1 is 1.03 bits per heavy atom. The van der Waals surface area contributed by atoms with E-state index in [-0.39, 0.29) is 18.0 Å². The molecule has 0 saturated heterocycles. The lowest BCUT2D eigenvalue weighted by atomic mass is 10.1. The number of hydrogen-bond acceptors (Lipinski definition) is 5. The van der Waals surface area contributed by atoms with Gasteiger partial charge in [-0.2, -0.15) is 0 Å². The molecule has 0 unspecified atom stereocenters. The number of aromatic nitrogens is 1. The van der Waals surface area contributed by atoms with E-state index in [0.717, 1.165) is 12.1 Å². The van der Waals surface area contributed by atoms with Gasteiger partial charge in [-0.3, -0.25) is 9.78 Å². The summed E-state index contributed by atoms with van der Waals surface area (Å²) in [6, 6.07) is 12.7. The lowest BCUT2D eigenvalue weighted by molar-refractivity contribution is 0.0527. The molecule has 0 spiro atoms. The molecule has 1 heterocycles. The van der Waals surface area contributed by atoms with Gasteiger partial charge in [0, 0.05) is 18.0 Å². The third-order valence-electron chi connectivity index (χ3n) is 3.87. The van der Waals surface area contributed by atoms with Crippen molar-refractivity contribution < 1.29 is 23.1 Å². The van der Waals surface area contributed by atoms with Crippen LogP contribution in [0.25, 0.3) is 0 Å². The maximum atomic E-state index is 13.7. The molecule has 0 bridgehead atoms. The highest BCUT2D eigenvalue weighted by Gasteiger charge is 2.14. The molecule has 0 fully saturated rings. The van der Waals surface area contributed by atoms with Crippen LogP contribution in [0.1, 0.15) is 27.8 Å². The average molecular weight is 397 g/mol. The minimum Gasteiger partial charge on any atom is -0.462 e. The zero-order valence-electron chi connectivity index (χ0n) is 15.4. The smallest absolute Gasteiger partial charge is 0.340 e. The normalized spacial score (nSPS) is 10.3. The second kappa shape index (κ2) is 8.92. The first-order chi connectivity index (χ1) is 14.0. The van der Waals surface area contributed by atoms with Crippen LogP contribution >= 0.6 is 0 Å². The first-order valence-corrected chi connectivity index (χ1v) is 8.73. The predicted molar refractivity (Wildman–Crippen MR) is 104 cm³/mol. The van der Waals surface area contributed by atoms with Gasteiger partial charge in [0.05, 0.1) is 23.5 Å². The largest absolute Gasteiger partial charge is 0.462 e. The predicted octanol–water partition coefficient (Wildman–Crippen LogP) is 4.53. The molecule has 0 aliphatic carbocycles. The maximum Gasteiger partial charge on any atom is 0.340 e. The van der Waals surface area contributed by atoms with Crippen LogP contribution in [0.5, 0.6) is 0 Å². The lowest BCUT2D eigenvalue weighted by Crippen LogP contribution is -2.15. The van der Waals surface area contributed by atoms with Crippen molar-refractivity contribution in [1.29, 1.82) is 0 Å². The molecule has 1 aromatic heterocycles. The van der Waals surface area contributed by atoms with E-state index in [1.165, 1.54) is 12.3 Å². The molecule has 1 amide bonds. The molecule has 0 aliphatic heterocycles. The monoisotopic (exact) mass is 397 g/mol. The Hall–Kier alpha value is -3.81. The number of anilines is 3. The van der Waals surface area contributed by atoms with E-state index < -0.39 is 23.5 Å². The fraction of sp³-hybridized carbons (Fsp3) is 0.0952. The fourth-order valence-corrected chi connectivity index (χ4v) is 2.54. The van der Waals surface area contributed by atoms with Gasteiger partial charge >= 0.3 is 5.97 Å². The van der Waals surface area contributed by atoms with Gasteiger partial charge in [0.2, 0.25) is 0 Å². The van der Waals surface area contributed by atoms with Gasteiger partial charge in [-0.1, -0.05) is 12.1 Å². The van der Waals surface area contributed by atoms with Gasteiger partial charge in [-0.25, -0.2) is 13.6 Å². The summed E-state index contributed by atoms with van der Waals surface area (Å²) in [5.41, 5.74) is 1.16. The number of halogens is 2. The number of ether oxygens (including phenoxy) is 1. The van der Waals surface area contributed by atoms with Crippen molar-refractivity contribution in [1.82, 2.24) is 4.98 Å². The first-order valence-electron chi connectivity index (χ1n) is 8.73. The number of amides is 1. The molecule has 6 nitrogen and oxygen atoms in total. The number of hydrogen-bond donors (Lipinski definition) is 2. The summed E-state index contributed by atoms with van der Waals surface area (Å²) in [5.74, 6) is -2.78. The van der Waals surface area contributed by atoms with Crippen molar-refractivity contribution in [3.05, 3.63) is 83.7 Å². The molecule has 148 valence electrons. The SMILES string of the molecule is CCOC(=O)c1ccccc1Nc1ccnc(C(=O)Nc2ccc(F)cc2F)c1. The number of nitrogens with one attached hydrogen (secondary N) is 2. The molecule has 0 saturated carbocycles. The Morgan fingerprint density at radius 2 is 1.83 bits per heavy atom. The minimum atomic E-state index is -0.893. The van der Waals surface area contributed by atoms with Crippen LogP contribution in [0.4, 0.5) is 25.8 Å². The Kier molecular flexibility index (Phi) is 6.13. The van der Waals surface area contributed by atoms with Gasteiger partial charge < -0.3 is 15.4 Å². The first kappa shape index (κ1) is 19.9. The number of nitrogens with zero attached hydrogens (tertiary/aromatic N) is 1. The van der Waals surface area contributed by atoms with Crippen molar-refractivity contribution in [2.75, 3.05) is 17.2 Å². The van der Waals surface area contributed by atoms with E-state index in [2.05, 4.69) is 15.6 Å². The third-order valence-corrected chi connectivity index (χ3v) is 3.87. The molecular weight excluding hydrogens is 380 g/mol. The Morgan fingerprint density at radius 3 is 2.59 bits per heavy atom. The molecule has 0 aliphatic rings. The third kappa shape index (κ3) is 4.92. The topological polar surface area (TPSA) is 80.3 Å². The van der Waals surface area contributed by atoms with Crippen LogP contribution < -0.4 is 10.6 Å². The molecule has 2 aromatic carbocycles. The summed E-state index contributed by atoms with van der Waals surface area (Å²) in [6.45, 7) is 1.96. The number of para-hydroxylation sites is 1. The van der Waals surface area contributed by atoms with Gasteiger partial charge in [0.25, 0.3) is 5.91 Å². The highest BCUT2D eigenvalue weighted by atomic mass is 19.1. The Bertz CT molecular complexity index is 1060. The summed E-state index contributed by atoms with van der Waals surface area (Å²) in [4.78, 5) is 28.4. The zero-order valence-corrected chi connectivity index (χ0v) is 15.4. The van der Waals surface area contributed by atoms with E-state index in [9.17, 15) is 18.4 Å². The van der Waals surface area contributed by atoms with Crippen LogP contribution in [0.15, 0.2) is 60.8 Å². The molecule has 29 heavy (non-hydrogen) atoms. The highest BCUT2D eigenvalue weighted by molar-refractivity contribution is 6.03. The zero-order chi connectivity index (χ0) is 20.8. The van der Waals surface area contributed by atoms with E-state index in [1.54, 1.807) is 37.3 Å². The highest BCUT2D eigenvalue weighted by Crippen LogP contribution is 2.22. The standard InChI is InChI=1S/C21H17F2N3O3/c1-2-29-21(28)15-5-3-4-6-17(15)25-14-9-10-24-19(12-14)20(27)26-18-8-7-13(22)11-16(18)23/h3-12H,2H2,1H3,(H,24,25)(H,26,27). The minimum absolute atomic E-state index is 0.00680. The van der Waals surface area contributed by atoms with Crippen LogP contribution in [-0.2, 0) is 4.74 Å². The summed E-state index contributed by atoms with van der Waals surface area (Å²) in [7, 11) is 0. The van der Waals surface area contributed by atoms with Crippen LogP contribution in [0.2, 0.25) is 0 Å². The molecule has 2 N–H and O–H groups in total. The van der Waals surface area contributed by atoms with E-state index >= 15 is 0 Å². The Labute approximate surface area is 165 Å². The van der Waals surface area contributed by atoms with Gasteiger partial charge in [0.15, 0.2) is 0 Å². The number of pyridine rings is 1. The quantitative estimate of drug-likeness (QED) is 0.598. The molecule has 8 heteroatoms. The van der Waals surface area contributed by atoms with Gasteiger partial charge in [0.1, 0.15) is 17.3 Å². The summed E-state index contributed by atoms with van der Waals surface area (Å²) >= 11 is 0. The summed E-state index contributed by atoms with van der Waals surface area (Å²) in [5, 5.41) is 5.39. The van der Waals surface area contributed by atoms with Crippen molar-refractivity contribution in [3.8, 4) is 0 Å². The summed E-state index contributed by atoms with van der Waals surface area (Å²) < 4.78 is 31.8. The van der Waals surface area contributed by atoms with Gasteiger partial charge in [-0.05, 0) is 43.3 Å². The van der Waals surface area contributed by atoms with E-state index in [0.29, 0.717) is 23.0 Å². The van der Waals surface area contributed by atoms with Crippen LogP contribution in [0, 0.1) is 11.6 Å². The van der Waals surface area contributed by atoms with Crippen molar-refractivity contribution in [3.63, 3.8) is 0 Å². The molecule has 0 atom stereocenters. The molecule has 0 radical (unpaired) electrons. The molecular formula is C21H17F2N3O3. The van der Waals surface area contributed by atoms with Crippen LogP contribution in [0.3, 0.4) is 0 Å². The van der Waals surface area contributed by atoms with Crippen molar-refractivity contribution >= 4 is 28.9 Å². The number of carbonyl (C=O) groups excluding carboxylic acids is 2. The molecule has 3 rings (SSSR count). The molecule has 3 aromatic rings.